The third-order valence-corrected chi connectivity index (χ3v) is 8.48. The second kappa shape index (κ2) is 8.56. The van der Waals surface area contributed by atoms with Gasteiger partial charge in [0.25, 0.3) is 5.91 Å². The van der Waals surface area contributed by atoms with Crippen LogP contribution in [0.5, 0.6) is 0 Å². The van der Waals surface area contributed by atoms with Gasteiger partial charge in [0, 0.05) is 25.8 Å². The SMILES string of the molecule is CC[C@@H](CO)N1C(=O)[C@@H]2[C@@H]3C(=O)N(C)CC=C[C@]3(C)O[C@@]23C=CCN(c2c(C)cccc2C)C(=O)C13. The van der Waals surface area contributed by atoms with Crippen molar-refractivity contribution in [3.8, 4) is 0 Å². The fraction of sp³-hybridized carbons (Fsp3) is 0.536. The van der Waals surface area contributed by atoms with Crippen LogP contribution in [0.25, 0.3) is 0 Å². The van der Waals surface area contributed by atoms with E-state index in [-0.39, 0.29) is 24.3 Å². The molecule has 0 bridgehead atoms. The molecule has 2 saturated heterocycles. The first kappa shape index (κ1) is 24.7. The third-order valence-electron chi connectivity index (χ3n) is 8.48. The zero-order chi connectivity index (χ0) is 26.0. The highest BCUT2D eigenvalue weighted by molar-refractivity contribution is 6.06. The molecule has 1 aromatic carbocycles. The Hall–Kier alpha value is -2.97. The van der Waals surface area contributed by atoms with Crippen LogP contribution in [-0.2, 0) is 19.1 Å². The maximum absolute atomic E-state index is 14.5. The molecule has 1 unspecified atom stereocenters. The van der Waals surface area contributed by atoms with Crippen LogP contribution in [0.4, 0.5) is 5.69 Å². The minimum absolute atomic E-state index is 0.174. The number of amides is 3. The lowest BCUT2D eigenvalue weighted by molar-refractivity contribution is -0.150. The summed E-state index contributed by atoms with van der Waals surface area (Å²) in [5.41, 5.74) is 0.370. The number of aliphatic hydroxyl groups excluding tert-OH is 1. The number of hydrogen-bond donors (Lipinski definition) is 1. The van der Waals surface area contributed by atoms with Crippen molar-refractivity contribution in [3.05, 3.63) is 53.6 Å². The topological polar surface area (TPSA) is 90.4 Å². The maximum Gasteiger partial charge on any atom is 0.253 e. The van der Waals surface area contributed by atoms with Gasteiger partial charge in [0.2, 0.25) is 11.8 Å². The lowest BCUT2D eigenvalue weighted by Crippen LogP contribution is -2.59. The van der Waals surface area contributed by atoms with Crippen molar-refractivity contribution < 1.29 is 24.2 Å². The normalized spacial score (nSPS) is 34.4. The molecular formula is C28H35N3O5. The summed E-state index contributed by atoms with van der Waals surface area (Å²) in [6.45, 7) is 8.12. The molecule has 0 radical (unpaired) electrons. The number of rotatable bonds is 4. The number of aryl methyl sites for hydroxylation is 2. The van der Waals surface area contributed by atoms with E-state index < -0.39 is 35.1 Å². The molecule has 8 nitrogen and oxygen atoms in total. The molecule has 1 spiro atoms. The van der Waals surface area contributed by atoms with E-state index >= 15 is 0 Å². The van der Waals surface area contributed by atoms with Crippen LogP contribution in [0.15, 0.2) is 42.5 Å². The lowest BCUT2D eigenvalue weighted by atomic mass is 9.74. The fourth-order valence-electron chi connectivity index (χ4n) is 6.82. The molecule has 36 heavy (non-hydrogen) atoms. The van der Waals surface area contributed by atoms with E-state index in [9.17, 15) is 19.5 Å². The van der Waals surface area contributed by atoms with Crippen molar-refractivity contribution in [3.63, 3.8) is 0 Å². The largest absolute Gasteiger partial charge is 0.394 e. The molecule has 2 fully saturated rings. The number of aliphatic hydroxyl groups is 1. The molecule has 1 N–H and O–H groups in total. The lowest BCUT2D eigenvalue weighted by Gasteiger charge is -2.40. The van der Waals surface area contributed by atoms with Gasteiger partial charge in [-0.25, -0.2) is 0 Å². The molecule has 4 aliphatic rings. The number of carbonyl (C=O) groups excluding carboxylic acids is 3. The van der Waals surface area contributed by atoms with Crippen LogP contribution in [-0.4, -0.2) is 82.7 Å². The standard InChI is InChI=1S/C28H35N3O5/c1-6-19(16-32)31-23-26(35)30(22-17(2)10-7-11-18(22)3)15-9-13-28(23)21(25(31)34)20-24(33)29(5)14-8-12-27(20,4)36-28/h7-13,19-21,23,32H,6,14-16H2,1-5H3/t19-,20+,21-,23?,27-,28-/m0/s1. The van der Waals surface area contributed by atoms with Crippen molar-refractivity contribution in [2.45, 2.75) is 57.4 Å². The Kier molecular flexibility index (Phi) is 5.87. The maximum atomic E-state index is 14.5. The van der Waals surface area contributed by atoms with E-state index in [1.54, 1.807) is 16.8 Å². The van der Waals surface area contributed by atoms with E-state index in [4.69, 9.17) is 4.74 Å². The molecule has 5 rings (SSSR count). The summed E-state index contributed by atoms with van der Waals surface area (Å²) < 4.78 is 6.79. The number of anilines is 1. The van der Waals surface area contributed by atoms with Crippen molar-refractivity contribution in [2.75, 3.05) is 31.6 Å². The molecule has 0 aliphatic carbocycles. The number of hydrogen-bond acceptors (Lipinski definition) is 5. The van der Waals surface area contributed by atoms with Gasteiger partial charge in [-0.2, -0.15) is 0 Å². The van der Waals surface area contributed by atoms with Gasteiger partial charge >= 0.3 is 0 Å². The van der Waals surface area contributed by atoms with Crippen molar-refractivity contribution in [1.29, 1.82) is 0 Å². The number of likely N-dealkylation sites (tertiary alicyclic amines) is 1. The predicted octanol–water partition coefficient (Wildman–Crippen LogP) is 1.98. The highest BCUT2D eigenvalue weighted by Crippen LogP contribution is 2.58. The second-order valence-corrected chi connectivity index (χ2v) is 10.7. The molecule has 3 amide bonds. The number of nitrogens with zero attached hydrogens (tertiary/aromatic N) is 3. The van der Waals surface area contributed by atoms with Gasteiger partial charge in [-0.05, 0) is 38.3 Å². The van der Waals surface area contributed by atoms with Crippen LogP contribution in [0.2, 0.25) is 0 Å². The minimum atomic E-state index is -1.32. The first-order valence-electron chi connectivity index (χ1n) is 12.7. The Bertz CT molecular complexity index is 1150. The van der Waals surface area contributed by atoms with Crippen molar-refractivity contribution >= 4 is 23.4 Å². The average molecular weight is 494 g/mol. The van der Waals surface area contributed by atoms with Gasteiger partial charge in [0.15, 0.2) is 0 Å². The van der Waals surface area contributed by atoms with Crippen LogP contribution in [0.3, 0.4) is 0 Å². The molecule has 4 heterocycles. The summed E-state index contributed by atoms with van der Waals surface area (Å²) in [5.74, 6) is -2.39. The number of fused-ring (bicyclic) bond motifs is 2. The van der Waals surface area contributed by atoms with Crippen LogP contribution in [0.1, 0.15) is 31.4 Å². The van der Waals surface area contributed by atoms with Gasteiger partial charge in [-0.1, -0.05) is 49.4 Å². The summed E-state index contributed by atoms with van der Waals surface area (Å²) in [6.07, 6.45) is 7.96. The van der Waals surface area contributed by atoms with Gasteiger partial charge in [0.05, 0.1) is 30.1 Å². The Morgan fingerprint density at radius 2 is 1.69 bits per heavy atom. The highest BCUT2D eigenvalue weighted by atomic mass is 16.5. The predicted molar refractivity (Wildman–Crippen MR) is 135 cm³/mol. The zero-order valence-electron chi connectivity index (χ0n) is 21.6. The number of likely N-dealkylation sites (N-methyl/N-ethyl adjacent to an activating group) is 1. The Morgan fingerprint density at radius 3 is 2.33 bits per heavy atom. The Morgan fingerprint density at radius 1 is 1.03 bits per heavy atom. The number of para-hydroxylation sites is 1. The first-order chi connectivity index (χ1) is 17.1. The average Bonchev–Trinajstić information content (AvgIpc) is 3.11. The van der Waals surface area contributed by atoms with E-state index in [1.165, 1.54) is 4.90 Å². The summed E-state index contributed by atoms with van der Waals surface area (Å²) in [6, 6.07) is 4.32. The molecule has 1 aromatic rings. The van der Waals surface area contributed by atoms with Crippen LogP contribution in [0, 0.1) is 25.7 Å². The van der Waals surface area contributed by atoms with Gasteiger partial charge in [-0.3, -0.25) is 14.4 Å². The van der Waals surface area contributed by atoms with Crippen molar-refractivity contribution in [1.82, 2.24) is 9.80 Å². The monoisotopic (exact) mass is 493 g/mol. The molecular weight excluding hydrogens is 458 g/mol. The van der Waals surface area contributed by atoms with E-state index in [1.807, 2.05) is 70.2 Å². The molecule has 4 aliphatic heterocycles. The second-order valence-electron chi connectivity index (χ2n) is 10.7. The number of benzene rings is 1. The smallest absolute Gasteiger partial charge is 0.253 e. The molecule has 8 heteroatoms. The van der Waals surface area contributed by atoms with E-state index in [2.05, 4.69) is 0 Å². The van der Waals surface area contributed by atoms with Crippen molar-refractivity contribution in [2.24, 2.45) is 11.8 Å². The van der Waals surface area contributed by atoms with E-state index in [0.29, 0.717) is 19.5 Å². The Labute approximate surface area is 212 Å². The molecule has 0 aromatic heterocycles. The molecule has 6 atom stereocenters. The van der Waals surface area contributed by atoms with Crippen LogP contribution >= 0.6 is 0 Å². The summed E-state index contributed by atoms with van der Waals surface area (Å²) in [4.78, 5) is 47.2. The number of carbonyl (C=O) groups is 3. The Balaban J connectivity index is 1.71. The summed E-state index contributed by atoms with van der Waals surface area (Å²) in [5, 5.41) is 10.2. The summed E-state index contributed by atoms with van der Waals surface area (Å²) >= 11 is 0. The highest BCUT2D eigenvalue weighted by Gasteiger charge is 2.75. The van der Waals surface area contributed by atoms with Gasteiger partial charge in [-0.15, -0.1) is 0 Å². The van der Waals surface area contributed by atoms with Crippen LogP contribution < -0.4 is 4.90 Å². The fourth-order valence-corrected chi connectivity index (χ4v) is 6.82. The molecule has 192 valence electrons. The zero-order valence-corrected chi connectivity index (χ0v) is 21.6. The van der Waals surface area contributed by atoms with Gasteiger partial charge < -0.3 is 24.5 Å². The third kappa shape index (κ3) is 3.23. The summed E-state index contributed by atoms with van der Waals surface area (Å²) in [7, 11) is 1.72. The minimum Gasteiger partial charge on any atom is -0.394 e. The van der Waals surface area contributed by atoms with Gasteiger partial charge in [0.1, 0.15) is 11.6 Å². The quantitative estimate of drug-likeness (QED) is 0.648. The molecule has 0 saturated carbocycles. The first-order valence-corrected chi connectivity index (χ1v) is 12.7. The van der Waals surface area contributed by atoms with E-state index in [0.717, 1.165) is 16.8 Å². The number of ether oxygens (including phenoxy) is 1.